The molecule has 2 fully saturated rings. The molecule has 41 heavy (non-hydrogen) atoms. The van der Waals surface area contributed by atoms with Crippen molar-refractivity contribution in [1.82, 2.24) is 4.90 Å². The zero-order valence-electron chi connectivity index (χ0n) is 22.6. The van der Waals surface area contributed by atoms with Crippen molar-refractivity contribution in [2.75, 3.05) is 11.5 Å². The summed E-state index contributed by atoms with van der Waals surface area (Å²) in [6, 6.07) is 9.21. The Labute approximate surface area is 235 Å². The van der Waals surface area contributed by atoms with Crippen LogP contribution in [0.1, 0.15) is 84.2 Å². The maximum atomic E-state index is 13.9. The monoisotopic (exact) mass is 572 g/mol. The van der Waals surface area contributed by atoms with Gasteiger partial charge in [0.2, 0.25) is 5.91 Å². The topological polar surface area (TPSA) is 93.2 Å². The van der Waals surface area contributed by atoms with Crippen LogP contribution < -0.4 is 9.64 Å². The molecule has 2 aromatic rings. The lowest BCUT2D eigenvalue weighted by Crippen LogP contribution is -2.53. The van der Waals surface area contributed by atoms with Crippen molar-refractivity contribution < 1.29 is 41.8 Å². The van der Waals surface area contributed by atoms with Crippen LogP contribution >= 0.6 is 0 Å². The number of amides is 2. The van der Waals surface area contributed by atoms with E-state index in [9.17, 15) is 32.3 Å². The minimum absolute atomic E-state index is 0.000908. The van der Waals surface area contributed by atoms with Gasteiger partial charge in [-0.2, -0.15) is 0 Å². The lowest BCUT2D eigenvalue weighted by atomic mass is 9.80. The van der Waals surface area contributed by atoms with Crippen LogP contribution in [0.15, 0.2) is 42.5 Å². The van der Waals surface area contributed by atoms with Gasteiger partial charge in [-0.3, -0.25) is 19.2 Å². The minimum Gasteiger partial charge on any atom is -0.466 e. The number of esters is 1. The molecule has 5 rings (SSSR count). The van der Waals surface area contributed by atoms with Crippen molar-refractivity contribution in [1.29, 1.82) is 0 Å². The molecule has 11 heteroatoms. The molecule has 2 saturated carbocycles. The number of anilines is 1. The average Bonchev–Trinajstić information content (AvgIpc) is 3.66. The second kappa shape index (κ2) is 11.5. The number of carbonyl (C=O) groups excluding carboxylic acids is 4. The van der Waals surface area contributed by atoms with Gasteiger partial charge in [0.1, 0.15) is 12.0 Å². The highest BCUT2D eigenvalue weighted by molar-refractivity contribution is 6.07. The van der Waals surface area contributed by atoms with Crippen molar-refractivity contribution in [3.05, 3.63) is 59.2 Å². The first-order chi connectivity index (χ1) is 19.6. The molecular formula is C30H31F3N2O6. The molecule has 0 N–H and O–H groups in total. The quantitative estimate of drug-likeness (QED) is 0.287. The fraction of sp³-hybridized carbons (Fsp3) is 0.467. The van der Waals surface area contributed by atoms with Gasteiger partial charge in [0.05, 0.1) is 19.1 Å². The lowest BCUT2D eigenvalue weighted by Gasteiger charge is -2.48. The zero-order valence-corrected chi connectivity index (χ0v) is 22.6. The molecule has 0 aromatic heterocycles. The fourth-order valence-corrected chi connectivity index (χ4v) is 6.23. The summed E-state index contributed by atoms with van der Waals surface area (Å²) in [6.07, 6.45) is -0.249. The normalized spacial score (nSPS) is 21.5. The van der Waals surface area contributed by atoms with Gasteiger partial charge >= 0.3 is 12.3 Å². The van der Waals surface area contributed by atoms with Crippen molar-refractivity contribution in [3.8, 4) is 5.75 Å². The molecule has 1 aliphatic heterocycles. The highest BCUT2D eigenvalue weighted by atomic mass is 19.4. The molecular weight excluding hydrogens is 541 g/mol. The van der Waals surface area contributed by atoms with E-state index < -0.39 is 18.1 Å². The lowest BCUT2D eigenvalue weighted by molar-refractivity contribution is -0.274. The Balaban J connectivity index is 1.51. The van der Waals surface area contributed by atoms with Gasteiger partial charge in [-0.15, -0.1) is 13.2 Å². The third kappa shape index (κ3) is 6.08. The Morgan fingerprint density at radius 3 is 2.39 bits per heavy atom. The first kappa shape index (κ1) is 28.6. The summed E-state index contributed by atoms with van der Waals surface area (Å²) >= 11 is 0. The van der Waals surface area contributed by atoms with E-state index in [1.807, 2.05) is 4.90 Å². The van der Waals surface area contributed by atoms with E-state index in [0.29, 0.717) is 29.5 Å². The number of rotatable bonds is 9. The van der Waals surface area contributed by atoms with Crippen LogP contribution in [0.25, 0.3) is 0 Å². The molecule has 8 nitrogen and oxygen atoms in total. The van der Waals surface area contributed by atoms with Crippen LogP contribution in [-0.2, 0) is 14.3 Å². The van der Waals surface area contributed by atoms with Gasteiger partial charge in [0, 0.05) is 41.2 Å². The average molecular weight is 573 g/mol. The minimum atomic E-state index is -4.85. The summed E-state index contributed by atoms with van der Waals surface area (Å²) in [4.78, 5) is 54.9. The number of ether oxygens (including phenoxy) is 2. The molecule has 3 aliphatic rings. The van der Waals surface area contributed by atoms with Crippen molar-refractivity contribution >= 4 is 29.8 Å². The molecule has 2 aliphatic carbocycles. The van der Waals surface area contributed by atoms with E-state index in [-0.39, 0.29) is 60.9 Å². The number of carbonyl (C=O) groups is 4. The highest BCUT2D eigenvalue weighted by Gasteiger charge is 2.51. The van der Waals surface area contributed by atoms with Crippen LogP contribution in [0, 0.1) is 5.92 Å². The van der Waals surface area contributed by atoms with Crippen molar-refractivity contribution in [2.24, 2.45) is 5.92 Å². The molecule has 0 radical (unpaired) electrons. The summed E-state index contributed by atoms with van der Waals surface area (Å²) < 4.78 is 46.9. The maximum absolute atomic E-state index is 13.9. The van der Waals surface area contributed by atoms with Crippen molar-refractivity contribution in [3.63, 3.8) is 0 Å². The number of aldehydes is 1. The van der Waals surface area contributed by atoms with E-state index in [4.69, 9.17) is 4.74 Å². The fourth-order valence-electron chi connectivity index (χ4n) is 6.23. The summed E-state index contributed by atoms with van der Waals surface area (Å²) in [5.41, 5.74) is 1.84. The second-order valence-electron chi connectivity index (χ2n) is 10.6. The smallest absolute Gasteiger partial charge is 0.466 e. The highest BCUT2D eigenvalue weighted by Crippen LogP contribution is 2.53. The number of hydrogen-bond donors (Lipinski definition) is 0. The zero-order chi connectivity index (χ0) is 29.3. The molecule has 1 heterocycles. The summed E-state index contributed by atoms with van der Waals surface area (Å²) in [5.74, 6) is -1.53. The van der Waals surface area contributed by atoms with E-state index in [1.54, 1.807) is 30.0 Å². The molecule has 3 atom stereocenters. The maximum Gasteiger partial charge on any atom is 0.573 e. The Morgan fingerprint density at radius 1 is 1.02 bits per heavy atom. The standard InChI is InChI=1S/C30H31F3N2O6/c1-2-40-27(38)15-14-26(37)34(20-9-10-20)28-22-4-3-5-24(22)35(25-13-6-18(17-36)16-23(25)28)29(39)19-7-11-21(12-8-19)41-30(31,32)33/h6-8,11-13,16-17,20,22,24,28H,2-5,9-10,14-15H2,1H3. The van der Waals surface area contributed by atoms with Gasteiger partial charge in [-0.05, 0) is 80.6 Å². The Morgan fingerprint density at radius 2 is 1.76 bits per heavy atom. The predicted molar refractivity (Wildman–Crippen MR) is 141 cm³/mol. The number of fused-ring (bicyclic) bond motifs is 2. The predicted octanol–water partition coefficient (Wildman–Crippen LogP) is 5.60. The van der Waals surface area contributed by atoms with Gasteiger partial charge in [-0.1, -0.05) is 6.42 Å². The molecule has 0 bridgehead atoms. The molecule has 0 saturated heterocycles. The molecule has 218 valence electrons. The Hall–Kier alpha value is -3.89. The third-order valence-corrected chi connectivity index (χ3v) is 7.96. The Kier molecular flexibility index (Phi) is 8.06. The summed E-state index contributed by atoms with van der Waals surface area (Å²) in [5, 5.41) is 0. The SMILES string of the molecule is CCOC(=O)CCC(=O)N(C1CC1)C1c2cc(C=O)ccc2N(C(=O)c2ccc(OC(F)(F)F)cc2)C2CCCC21. The van der Waals surface area contributed by atoms with Crippen molar-refractivity contribution in [2.45, 2.75) is 76.4 Å². The van der Waals surface area contributed by atoms with Gasteiger partial charge in [0.25, 0.3) is 5.91 Å². The van der Waals surface area contributed by atoms with E-state index in [1.165, 1.54) is 12.1 Å². The van der Waals surface area contributed by atoms with Crippen LogP contribution in [0.5, 0.6) is 5.75 Å². The summed E-state index contributed by atoms with van der Waals surface area (Å²) in [6.45, 7) is 1.94. The first-order valence-corrected chi connectivity index (χ1v) is 13.9. The van der Waals surface area contributed by atoms with Crippen LogP contribution in [0.4, 0.5) is 18.9 Å². The summed E-state index contributed by atoms with van der Waals surface area (Å²) in [7, 11) is 0. The van der Waals surface area contributed by atoms with Crippen LogP contribution in [-0.4, -0.2) is 54.0 Å². The van der Waals surface area contributed by atoms with Crippen LogP contribution in [0.3, 0.4) is 0 Å². The number of hydrogen-bond acceptors (Lipinski definition) is 6. The van der Waals surface area contributed by atoms with E-state index in [2.05, 4.69) is 4.74 Å². The van der Waals surface area contributed by atoms with Gasteiger partial charge in [-0.25, -0.2) is 0 Å². The number of nitrogens with zero attached hydrogens (tertiary/aromatic N) is 2. The first-order valence-electron chi connectivity index (χ1n) is 13.9. The number of halogens is 3. The van der Waals surface area contributed by atoms with Gasteiger partial charge < -0.3 is 19.3 Å². The third-order valence-electron chi connectivity index (χ3n) is 7.96. The largest absolute Gasteiger partial charge is 0.573 e. The van der Waals surface area contributed by atoms with Crippen LogP contribution in [0.2, 0.25) is 0 Å². The molecule has 2 aromatic carbocycles. The molecule has 0 spiro atoms. The second-order valence-corrected chi connectivity index (χ2v) is 10.6. The van der Waals surface area contributed by atoms with E-state index in [0.717, 1.165) is 37.8 Å². The van der Waals surface area contributed by atoms with E-state index >= 15 is 0 Å². The van der Waals surface area contributed by atoms with Gasteiger partial charge in [0.15, 0.2) is 0 Å². The Bertz CT molecular complexity index is 1320. The number of benzene rings is 2. The molecule has 3 unspecified atom stereocenters. The molecule has 2 amide bonds. The number of alkyl halides is 3.